The highest BCUT2D eigenvalue weighted by atomic mass is 16.3. The number of rotatable bonds is 4. The molecule has 1 heterocycles. The molecular weight excluding hydrogens is 222 g/mol. The van der Waals surface area contributed by atoms with Crippen LogP contribution < -0.4 is 5.32 Å². The lowest BCUT2D eigenvalue weighted by Gasteiger charge is -2.07. The van der Waals surface area contributed by atoms with Gasteiger partial charge in [0.05, 0.1) is 6.54 Å². The second-order valence-electron chi connectivity index (χ2n) is 5.59. The molecule has 2 heteroatoms. The van der Waals surface area contributed by atoms with Gasteiger partial charge in [0.2, 0.25) is 0 Å². The van der Waals surface area contributed by atoms with E-state index in [1.54, 1.807) is 0 Å². The lowest BCUT2D eigenvalue weighted by molar-refractivity contribution is 0.516. The van der Waals surface area contributed by atoms with E-state index in [1.807, 2.05) is 7.05 Å². The smallest absolute Gasteiger partial charge is 0.135 e. The molecule has 0 radical (unpaired) electrons. The van der Waals surface area contributed by atoms with Crippen LogP contribution in [0.5, 0.6) is 0 Å². The minimum absolute atomic E-state index is 0.641. The van der Waals surface area contributed by atoms with Crippen molar-refractivity contribution in [2.24, 2.45) is 5.92 Å². The molecule has 0 aliphatic carbocycles. The molecule has 0 aliphatic rings. The zero-order valence-corrected chi connectivity index (χ0v) is 12.1. The Morgan fingerprint density at radius 1 is 1.22 bits per heavy atom. The number of nitrogens with one attached hydrogen (secondary N) is 1. The first-order chi connectivity index (χ1) is 8.52. The first-order valence-electron chi connectivity index (χ1n) is 6.69. The summed E-state index contributed by atoms with van der Waals surface area (Å²) in [5.41, 5.74) is 5.01. The molecule has 1 N–H and O–H groups in total. The van der Waals surface area contributed by atoms with Crippen LogP contribution in [0.2, 0.25) is 0 Å². The summed E-state index contributed by atoms with van der Waals surface area (Å²) in [4.78, 5) is 0. The molecule has 0 saturated heterocycles. The van der Waals surface area contributed by atoms with Crippen LogP contribution >= 0.6 is 0 Å². The summed E-state index contributed by atoms with van der Waals surface area (Å²) in [5.74, 6) is 1.73. The van der Waals surface area contributed by atoms with Crippen LogP contribution in [0.15, 0.2) is 16.5 Å². The second kappa shape index (κ2) is 5.15. The van der Waals surface area contributed by atoms with Crippen molar-refractivity contribution in [2.75, 3.05) is 7.05 Å². The molecule has 0 amide bonds. The third-order valence-corrected chi connectivity index (χ3v) is 3.26. The average molecular weight is 245 g/mol. The van der Waals surface area contributed by atoms with E-state index in [4.69, 9.17) is 4.42 Å². The normalized spacial score (nSPS) is 11.7. The van der Waals surface area contributed by atoms with Crippen molar-refractivity contribution in [3.05, 3.63) is 34.6 Å². The number of fused-ring (bicyclic) bond motifs is 1. The van der Waals surface area contributed by atoms with Crippen molar-refractivity contribution in [1.82, 2.24) is 5.32 Å². The van der Waals surface area contributed by atoms with Crippen LogP contribution in [0.4, 0.5) is 0 Å². The molecule has 0 bridgehead atoms. The van der Waals surface area contributed by atoms with Gasteiger partial charge < -0.3 is 9.73 Å². The molecule has 18 heavy (non-hydrogen) atoms. The van der Waals surface area contributed by atoms with E-state index in [0.717, 1.165) is 24.3 Å². The highest BCUT2D eigenvalue weighted by Gasteiger charge is 2.16. The van der Waals surface area contributed by atoms with Gasteiger partial charge in [-0.3, -0.25) is 0 Å². The zero-order chi connectivity index (χ0) is 13.3. The lowest BCUT2D eigenvalue weighted by Crippen LogP contribution is -2.07. The molecule has 0 atom stereocenters. The molecule has 0 fully saturated rings. The van der Waals surface area contributed by atoms with Crippen LogP contribution in [0.3, 0.4) is 0 Å². The van der Waals surface area contributed by atoms with Crippen LogP contribution in [0.1, 0.15) is 36.3 Å². The van der Waals surface area contributed by atoms with E-state index in [-0.39, 0.29) is 0 Å². The van der Waals surface area contributed by atoms with Crippen LogP contribution in [0.25, 0.3) is 11.0 Å². The molecule has 2 aromatic rings. The van der Waals surface area contributed by atoms with Gasteiger partial charge in [0.1, 0.15) is 11.3 Å². The average Bonchev–Trinajstić information content (AvgIpc) is 2.56. The number of benzene rings is 1. The van der Waals surface area contributed by atoms with Crippen molar-refractivity contribution in [1.29, 1.82) is 0 Å². The van der Waals surface area contributed by atoms with Gasteiger partial charge in [-0.25, -0.2) is 0 Å². The van der Waals surface area contributed by atoms with E-state index < -0.39 is 0 Å². The minimum atomic E-state index is 0.641. The molecule has 0 spiro atoms. The summed E-state index contributed by atoms with van der Waals surface area (Å²) >= 11 is 0. The summed E-state index contributed by atoms with van der Waals surface area (Å²) in [6, 6.07) is 4.39. The van der Waals surface area contributed by atoms with Crippen molar-refractivity contribution >= 4 is 11.0 Å². The van der Waals surface area contributed by atoms with Gasteiger partial charge in [0.15, 0.2) is 0 Å². The first kappa shape index (κ1) is 13.2. The molecule has 1 aromatic carbocycles. The fourth-order valence-electron chi connectivity index (χ4n) is 2.66. The summed E-state index contributed by atoms with van der Waals surface area (Å²) in [6.45, 7) is 9.61. The first-order valence-corrected chi connectivity index (χ1v) is 6.69. The number of aryl methyl sites for hydroxylation is 2. The third-order valence-electron chi connectivity index (χ3n) is 3.26. The van der Waals surface area contributed by atoms with Gasteiger partial charge in [-0.2, -0.15) is 0 Å². The van der Waals surface area contributed by atoms with Crippen LogP contribution in [0, 0.1) is 19.8 Å². The SMILES string of the molecule is CNCc1oc2cc(C)cc(C)c2c1CC(C)C. The Balaban J connectivity index is 2.64. The van der Waals surface area contributed by atoms with Gasteiger partial charge in [0.25, 0.3) is 0 Å². The Hall–Kier alpha value is -1.28. The minimum Gasteiger partial charge on any atom is -0.459 e. The second-order valence-corrected chi connectivity index (χ2v) is 5.59. The standard InChI is InChI=1S/C16H23NO/c1-10(2)6-13-15(9-17-5)18-14-8-11(3)7-12(4)16(13)14/h7-8,10,17H,6,9H2,1-5H3. The highest BCUT2D eigenvalue weighted by molar-refractivity contribution is 5.86. The van der Waals surface area contributed by atoms with E-state index in [0.29, 0.717) is 5.92 Å². The fourth-order valence-corrected chi connectivity index (χ4v) is 2.66. The van der Waals surface area contributed by atoms with E-state index >= 15 is 0 Å². The van der Waals surface area contributed by atoms with E-state index in [2.05, 4.69) is 45.1 Å². The highest BCUT2D eigenvalue weighted by Crippen LogP contribution is 2.31. The monoisotopic (exact) mass is 245 g/mol. The Morgan fingerprint density at radius 3 is 2.56 bits per heavy atom. The molecule has 0 saturated carbocycles. The van der Waals surface area contributed by atoms with Crippen molar-refractivity contribution in [3.63, 3.8) is 0 Å². The van der Waals surface area contributed by atoms with E-state index in [1.165, 1.54) is 22.1 Å². The largest absolute Gasteiger partial charge is 0.459 e. The van der Waals surface area contributed by atoms with Crippen molar-refractivity contribution < 1.29 is 4.42 Å². The Kier molecular flexibility index (Phi) is 3.76. The third kappa shape index (κ3) is 2.44. The summed E-state index contributed by atoms with van der Waals surface area (Å²) in [5, 5.41) is 4.52. The lowest BCUT2D eigenvalue weighted by atomic mass is 9.96. The van der Waals surface area contributed by atoms with Gasteiger partial charge >= 0.3 is 0 Å². The fraction of sp³-hybridized carbons (Fsp3) is 0.500. The summed E-state index contributed by atoms with van der Waals surface area (Å²) < 4.78 is 6.04. The zero-order valence-electron chi connectivity index (χ0n) is 12.1. The topological polar surface area (TPSA) is 25.2 Å². The predicted molar refractivity (Wildman–Crippen MR) is 77.0 cm³/mol. The van der Waals surface area contributed by atoms with Gasteiger partial charge in [-0.05, 0) is 50.4 Å². The van der Waals surface area contributed by atoms with E-state index in [9.17, 15) is 0 Å². The number of furan rings is 1. The van der Waals surface area contributed by atoms with Crippen molar-refractivity contribution in [2.45, 2.75) is 40.7 Å². The maximum absolute atomic E-state index is 6.04. The molecule has 98 valence electrons. The Labute approximate surface area is 109 Å². The Morgan fingerprint density at radius 2 is 1.94 bits per heavy atom. The number of hydrogen-bond acceptors (Lipinski definition) is 2. The van der Waals surface area contributed by atoms with Crippen LogP contribution in [-0.2, 0) is 13.0 Å². The maximum atomic E-state index is 6.04. The Bertz CT molecular complexity index is 552. The van der Waals surface area contributed by atoms with Gasteiger partial charge in [-0.1, -0.05) is 19.9 Å². The molecular formula is C16H23NO. The quantitative estimate of drug-likeness (QED) is 0.881. The van der Waals surface area contributed by atoms with Gasteiger partial charge in [0, 0.05) is 10.9 Å². The maximum Gasteiger partial charge on any atom is 0.135 e. The van der Waals surface area contributed by atoms with Crippen molar-refractivity contribution in [3.8, 4) is 0 Å². The molecule has 0 unspecified atom stereocenters. The molecule has 1 aromatic heterocycles. The molecule has 2 rings (SSSR count). The number of hydrogen-bond donors (Lipinski definition) is 1. The molecule has 0 aliphatic heterocycles. The summed E-state index contributed by atoms with van der Waals surface area (Å²) in [7, 11) is 1.96. The van der Waals surface area contributed by atoms with Crippen LogP contribution in [-0.4, -0.2) is 7.05 Å². The van der Waals surface area contributed by atoms with Gasteiger partial charge in [-0.15, -0.1) is 0 Å². The summed E-state index contributed by atoms with van der Waals surface area (Å²) in [6.07, 6.45) is 1.08. The predicted octanol–water partition coefficient (Wildman–Crippen LogP) is 3.97. The molecule has 2 nitrogen and oxygen atoms in total.